The number of rotatable bonds is 5. The Kier molecular flexibility index (Phi) is 4.95. The molecule has 0 aliphatic carbocycles. The Balaban J connectivity index is 1.73. The highest BCUT2D eigenvalue weighted by atomic mass is 16.6. The van der Waals surface area contributed by atoms with Gasteiger partial charge < -0.3 is 24.3 Å². The molecule has 1 aromatic carbocycles. The van der Waals surface area contributed by atoms with E-state index >= 15 is 0 Å². The summed E-state index contributed by atoms with van der Waals surface area (Å²) in [7, 11) is 4.12. The number of benzene rings is 1. The fraction of sp³-hybridized carbons (Fsp3) is 0.471. The summed E-state index contributed by atoms with van der Waals surface area (Å²) in [6.07, 6.45) is 1.55. The Morgan fingerprint density at radius 1 is 1.35 bits per heavy atom. The van der Waals surface area contributed by atoms with Gasteiger partial charge in [-0.25, -0.2) is 0 Å². The predicted molar refractivity (Wildman–Crippen MR) is 89.7 cm³/mol. The van der Waals surface area contributed by atoms with Gasteiger partial charge in [-0.15, -0.1) is 0 Å². The van der Waals surface area contributed by atoms with Gasteiger partial charge in [-0.05, 0) is 37.7 Å². The highest BCUT2D eigenvalue weighted by molar-refractivity contribution is 5.96. The van der Waals surface area contributed by atoms with Crippen LogP contribution in [-0.2, 0) is 20.8 Å². The molecule has 0 radical (unpaired) electrons. The molecule has 0 bridgehead atoms. The molecule has 1 amide bonds. The molecule has 1 atom stereocenters. The standard InChI is InChI=1S/C17H23N3O3/c1-19(2)7-8-20-6-5-13-3-4-14(11-15(13)20)18-17(21)16-12-22-9-10-23-16/h3-6,11,16H,7-10,12H2,1-2H3,(H,18,21)/t16-/m1/s1. The van der Waals surface area contributed by atoms with Gasteiger partial charge >= 0.3 is 0 Å². The van der Waals surface area contributed by atoms with Crippen molar-refractivity contribution in [1.82, 2.24) is 9.47 Å². The van der Waals surface area contributed by atoms with Crippen LogP contribution in [0.5, 0.6) is 0 Å². The lowest BCUT2D eigenvalue weighted by atomic mass is 10.2. The van der Waals surface area contributed by atoms with E-state index in [9.17, 15) is 4.79 Å². The van der Waals surface area contributed by atoms with Gasteiger partial charge in [-0.2, -0.15) is 0 Å². The molecule has 1 fully saturated rings. The van der Waals surface area contributed by atoms with Gasteiger partial charge in [0.15, 0.2) is 6.10 Å². The van der Waals surface area contributed by atoms with Crippen molar-refractivity contribution in [3.63, 3.8) is 0 Å². The van der Waals surface area contributed by atoms with Gasteiger partial charge in [-0.1, -0.05) is 6.07 Å². The molecule has 124 valence electrons. The van der Waals surface area contributed by atoms with E-state index in [0.717, 1.165) is 24.3 Å². The Morgan fingerprint density at radius 3 is 2.96 bits per heavy atom. The van der Waals surface area contributed by atoms with Crippen LogP contribution < -0.4 is 5.32 Å². The Bertz CT molecular complexity index is 675. The second kappa shape index (κ2) is 7.12. The van der Waals surface area contributed by atoms with Gasteiger partial charge in [0.1, 0.15) is 0 Å². The predicted octanol–water partition coefficient (Wildman–Crippen LogP) is 1.56. The Hall–Kier alpha value is -1.89. The molecule has 1 aliphatic heterocycles. The van der Waals surface area contributed by atoms with E-state index in [-0.39, 0.29) is 5.91 Å². The number of likely N-dealkylation sites (N-methyl/N-ethyl adjacent to an activating group) is 1. The van der Waals surface area contributed by atoms with Crippen molar-refractivity contribution in [1.29, 1.82) is 0 Å². The minimum atomic E-state index is -0.528. The molecule has 1 saturated heterocycles. The summed E-state index contributed by atoms with van der Waals surface area (Å²) < 4.78 is 12.9. The van der Waals surface area contributed by atoms with Crippen molar-refractivity contribution in [3.8, 4) is 0 Å². The number of aromatic nitrogens is 1. The quantitative estimate of drug-likeness (QED) is 0.909. The second-order valence-corrected chi connectivity index (χ2v) is 6.01. The molecule has 1 aliphatic rings. The van der Waals surface area contributed by atoms with Gasteiger partial charge in [0, 0.05) is 25.0 Å². The summed E-state index contributed by atoms with van der Waals surface area (Å²) in [6, 6.07) is 8.04. The zero-order chi connectivity index (χ0) is 16.2. The number of carbonyl (C=O) groups excluding carboxylic acids is 1. The molecule has 23 heavy (non-hydrogen) atoms. The van der Waals surface area contributed by atoms with Crippen molar-refractivity contribution < 1.29 is 14.3 Å². The van der Waals surface area contributed by atoms with E-state index in [0.29, 0.717) is 19.8 Å². The van der Waals surface area contributed by atoms with Crippen molar-refractivity contribution in [3.05, 3.63) is 30.5 Å². The van der Waals surface area contributed by atoms with Crippen LogP contribution in [0.3, 0.4) is 0 Å². The topological polar surface area (TPSA) is 55.7 Å². The smallest absolute Gasteiger partial charge is 0.255 e. The number of nitrogens with one attached hydrogen (secondary N) is 1. The van der Waals surface area contributed by atoms with E-state index in [4.69, 9.17) is 9.47 Å². The molecule has 0 saturated carbocycles. The average molecular weight is 317 g/mol. The number of nitrogens with zero attached hydrogens (tertiary/aromatic N) is 2. The fourth-order valence-corrected chi connectivity index (χ4v) is 2.63. The minimum Gasteiger partial charge on any atom is -0.376 e. The molecule has 1 aromatic heterocycles. The summed E-state index contributed by atoms with van der Waals surface area (Å²) in [5.74, 6) is -0.157. The Morgan fingerprint density at radius 2 is 2.22 bits per heavy atom. The number of fused-ring (bicyclic) bond motifs is 1. The minimum absolute atomic E-state index is 0.157. The van der Waals surface area contributed by atoms with Crippen LogP contribution in [0.1, 0.15) is 0 Å². The molecule has 2 heterocycles. The number of hydrogen-bond donors (Lipinski definition) is 1. The number of amides is 1. The number of anilines is 1. The van der Waals surface area contributed by atoms with Crippen molar-refractivity contribution in [2.24, 2.45) is 0 Å². The number of carbonyl (C=O) groups is 1. The van der Waals surface area contributed by atoms with Crippen LogP contribution in [0, 0.1) is 0 Å². The molecule has 3 rings (SSSR count). The van der Waals surface area contributed by atoms with Gasteiger partial charge in [0.2, 0.25) is 0 Å². The van der Waals surface area contributed by atoms with Gasteiger partial charge in [0.05, 0.1) is 25.3 Å². The van der Waals surface area contributed by atoms with Crippen LogP contribution >= 0.6 is 0 Å². The first kappa shape index (κ1) is 16.0. The zero-order valence-electron chi connectivity index (χ0n) is 13.6. The maximum absolute atomic E-state index is 12.2. The first-order valence-corrected chi connectivity index (χ1v) is 7.87. The monoisotopic (exact) mass is 317 g/mol. The zero-order valence-corrected chi connectivity index (χ0v) is 13.6. The summed E-state index contributed by atoms with van der Waals surface area (Å²) in [4.78, 5) is 14.4. The first-order chi connectivity index (χ1) is 11.1. The van der Waals surface area contributed by atoms with E-state index in [2.05, 4.69) is 41.1 Å². The molecular formula is C17H23N3O3. The lowest BCUT2D eigenvalue weighted by molar-refractivity contribution is -0.142. The lowest BCUT2D eigenvalue weighted by Crippen LogP contribution is -2.39. The highest BCUT2D eigenvalue weighted by Gasteiger charge is 2.22. The number of ether oxygens (including phenoxy) is 2. The molecular weight excluding hydrogens is 294 g/mol. The van der Waals surface area contributed by atoms with E-state index < -0.39 is 6.10 Å². The fourth-order valence-electron chi connectivity index (χ4n) is 2.63. The summed E-state index contributed by atoms with van der Waals surface area (Å²) in [5, 5.41) is 4.08. The van der Waals surface area contributed by atoms with Gasteiger partial charge in [0.25, 0.3) is 5.91 Å². The normalized spacial score (nSPS) is 18.5. The van der Waals surface area contributed by atoms with E-state index in [1.54, 1.807) is 0 Å². The number of hydrogen-bond acceptors (Lipinski definition) is 4. The highest BCUT2D eigenvalue weighted by Crippen LogP contribution is 2.21. The molecule has 0 unspecified atom stereocenters. The van der Waals surface area contributed by atoms with Crippen LogP contribution in [0.4, 0.5) is 5.69 Å². The molecule has 0 spiro atoms. The van der Waals surface area contributed by atoms with Crippen LogP contribution in [0.25, 0.3) is 10.9 Å². The van der Waals surface area contributed by atoms with E-state index in [1.807, 2.05) is 18.2 Å². The van der Waals surface area contributed by atoms with Crippen LogP contribution in [0.2, 0.25) is 0 Å². The molecule has 2 aromatic rings. The summed E-state index contributed by atoms with van der Waals surface area (Å²) >= 11 is 0. The van der Waals surface area contributed by atoms with Crippen molar-refractivity contribution in [2.45, 2.75) is 12.6 Å². The van der Waals surface area contributed by atoms with Crippen LogP contribution in [-0.4, -0.2) is 61.9 Å². The summed E-state index contributed by atoms with van der Waals surface area (Å²) in [6.45, 7) is 3.20. The maximum Gasteiger partial charge on any atom is 0.255 e. The largest absolute Gasteiger partial charge is 0.376 e. The molecule has 1 N–H and O–H groups in total. The third kappa shape index (κ3) is 3.90. The first-order valence-electron chi connectivity index (χ1n) is 7.87. The Labute approximate surface area is 136 Å². The SMILES string of the molecule is CN(C)CCn1ccc2ccc(NC(=O)[C@H]3COCCO3)cc21. The van der Waals surface area contributed by atoms with Crippen molar-refractivity contribution in [2.75, 3.05) is 45.8 Å². The lowest BCUT2D eigenvalue weighted by Gasteiger charge is -2.22. The maximum atomic E-state index is 12.2. The van der Waals surface area contributed by atoms with Gasteiger partial charge in [-0.3, -0.25) is 4.79 Å². The van der Waals surface area contributed by atoms with Crippen molar-refractivity contribution >= 4 is 22.5 Å². The molecule has 6 heteroatoms. The van der Waals surface area contributed by atoms with Crippen LogP contribution in [0.15, 0.2) is 30.5 Å². The average Bonchev–Trinajstić information content (AvgIpc) is 2.96. The third-order valence-corrected chi connectivity index (χ3v) is 3.94. The second-order valence-electron chi connectivity index (χ2n) is 6.01. The third-order valence-electron chi connectivity index (χ3n) is 3.94. The summed E-state index contributed by atoms with van der Waals surface area (Å²) in [5.41, 5.74) is 1.90. The van der Waals surface area contributed by atoms with E-state index in [1.165, 1.54) is 5.39 Å². The molecule has 6 nitrogen and oxygen atoms in total.